The molecule has 2 rings (SSSR count). The lowest BCUT2D eigenvalue weighted by Crippen LogP contribution is -2.45. The summed E-state index contributed by atoms with van der Waals surface area (Å²) in [6.45, 7) is 3.60. The monoisotopic (exact) mass is 225 g/mol. The van der Waals surface area contributed by atoms with Gasteiger partial charge in [0.05, 0.1) is 10.6 Å². The lowest BCUT2D eigenvalue weighted by molar-refractivity contribution is 0.378. The van der Waals surface area contributed by atoms with Crippen molar-refractivity contribution in [3.8, 4) is 0 Å². The first-order valence-corrected chi connectivity index (χ1v) is 6.73. The first kappa shape index (κ1) is 10.6. The Morgan fingerprint density at radius 1 is 1.27 bits per heavy atom. The SMILES string of the molecule is Cc1ccc(S(=O)(=O)CC2CNC2)cc1. The lowest BCUT2D eigenvalue weighted by atomic mass is 10.1. The van der Waals surface area contributed by atoms with Crippen LogP contribution in [0.1, 0.15) is 5.56 Å². The summed E-state index contributed by atoms with van der Waals surface area (Å²) >= 11 is 0. The molecule has 1 aromatic rings. The Bertz CT molecular complexity index is 432. The normalized spacial score (nSPS) is 17.4. The average Bonchev–Trinajstić information content (AvgIpc) is 2.13. The van der Waals surface area contributed by atoms with Crippen molar-refractivity contribution in [2.75, 3.05) is 18.8 Å². The van der Waals surface area contributed by atoms with E-state index >= 15 is 0 Å². The van der Waals surface area contributed by atoms with Crippen LogP contribution in [-0.2, 0) is 9.84 Å². The largest absolute Gasteiger partial charge is 0.316 e. The van der Waals surface area contributed by atoms with Gasteiger partial charge in [-0.1, -0.05) is 17.7 Å². The third-order valence-corrected chi connectivity index (χ3v) is 4.60. The summed E-state index contributed by atoms with van der Waals surface area (Å²) < 4.78 is 23.8. The Morgan fingerprint density at radius 2 is 1.87 bits per heavy atom. The quantitative estimate of drug-likeness (QED) is 0.834. The van der Waals surface area contributed by atoms with Crippen LogP contribution in [0, 0.1) is 12.8 Å². The highest BCUT2D eigenvalue weighted by atomic mass is 32.2. The van der Waals surface area contributed by atoms with E-state index in [4.69, 9.17) is 0 Å². The van der Waals surface area contributed by atoms with Crippen LogP contribution in [-0.4, -0.2) is 27.3 Å². The summed E-state index contributed by atoms with van der Waals surface area (Å²) in [7, 11) is -3.08. The van der Waals surface area contributed by atoms with Crippen molar-refractivity contribution in [1.29, 1.82) is 0 Å². The number of sulfone groups is 1. The summed E-state index contributed by atoms with van der Waals surface area (Å²) in [5, 5.41) is 3.08. The highest BCUT2D eigenvalue weighted by molar-refractivity contribution is 7.91. The fourth-order valence-corrected chi connectivity index (χ4v) is 3.22. The number of benzene rings is 1. The number of hydrogen-bond acceptors (Lipinski definition) is 3. The molecule has 0 aliphatic carbocycles. The van der Waals surface area contributed by atoms with Gasteiger partial charge in [-0.2, -0.15) is 0 Å². The predicted octanol–water partition coefficient (Wildman–Crippen LogP) is 0.988. The third kappa shape index (κ3) is 2.38. The molecule has 0 saturated carbocycles. The zero-order valence-corrected chi connectivity index (χ0v) is 9.55. The van der Waals surface area contributed by atoms with Gasteiger partial charge < -0.3 is 5.32 Å². The van der Waals surface area contributed by atoms with Crippen LogP contribution in [0.3, 0.4) is 0 Å². The average molecular weight is 225 g/mol. The van der Waals surface area contributed by atoms with Crippen LogP contribution in [0.2, 0.25) is 0 Å². The summed E-state index contributed by atoms with van der Waals surface area (Å²) in [4.78, 5) is 0.444. The topological polar surface area (TPSA) is 46.2 Å². The van der Waals surface area contributed by atoms with Gasteiger partial charge in [-0.25, -0.2) is 8.42 Å². The van der Waals surface area contributed by atoms with Crippen molar-refractivity contribution < 1.29 is 8.42 Å². The zero-order valence-electron chi connectivity index (χ0n) is 8.73. The van der Waals surface area contributed by atoms with E-state index in [-0.39, 0.29) is 11.7 Å². The van der Waals surface area contributed by atoms with E-state index < -0.39 is 9.84 Å². The standard InChI is InChI=1S/C11H15NO2S/c1-9-2-4-11(5-3-9)15(13,14)8-10-6-12-7-10/h2-5,10,12H,6-8H2,1H3. The van der Waals surface area contributed by atoms with E-state index in [0.717, 1.165) is 18.7 Å². The Balaban J connectivity index is 2.17. The molecule has 1 aliphatic rings. The molecule has 1 N–H and O–H groups in total. The lowest BCUT2D eigenvalue weighted by Gasteiger charge is -2.26. The molecule has 1 saturated heterocycles. The molecule has 1 heterocycles. The Hall–Kier alpha value is -0.870. The zero-order chi connectivity index (χ0) is 10.9. The second kappa shape index (κ2) is 3.94. The smallest absolute Gasteiger partial charge is 0.178 e. The molecule has 1 aromatic carbocycles. The van der Waals surface area contributed by atoms with E-state index in [1.807, 2.05) is 19.1 Å². The van der Waals surface area contributed by atoms with Crippen LogP contribution in [0.4, 0.5) is 0 Å². The van der Waals surface area contributed by atoms with Crippen LogP contribution in [0.5, 0.6) is 0 Å². The second-order valence-electron chi connectivity index (χ2n) is 4.12. The van der Waals surface area contributed by atoms with Crippen molar-refractivity contribution in [3.05, 3.63) is 29.8 Å². The predicted molar refractivity (Wildman–Crippen MR) is 59.6 cm³/mol. The highest BCUT2D eigenvalue weighted by Gasteiger charge is 2.25. The fraction of sp³-hybridized carbons (Fsp3) is 0.455. The molecule has 0 spiro atoms. The summed E-state index contributed by atoms with van der Waals surface area (Å²) in [5.74, 6) is 0.555. The van der Waals surface area contributed by atoms with Gasteiger partial charge in [-0.05, 0) is 25.0 Å². The third-order valence-electron chi connectivity index (χ3n) is 2.70. The van der Waals surface area contributed by atoms with E-state index in [1.54, 1.807) is 12.1 Å². The molecule has 0 unspecified atom stereocenters. The van der Waals surface area contributed by atoms with Gasteiger partial charge in [0.25, 0.3) is 0 Å². The molecular formula is C11H15NO2S. The van der Waals surface area contributed by atoms with E-state index in [9.17, 15) is 8.42 Å². The minimum atomic E-state index is -3.08. The molecule has 4 heteroatoms. The van der Waals surface area contributed by atoms with Crippen molar-refractivity contribution in [3.63, 3.8) is 0 Å². The van der Waals surface area contributed by atoms with Crippen molar-refractivity contribution in [1.82, 2.24) is 5.32 Å². The van der Waals surface area contributed by atoms with Crippen LogP contribution >= 0.6 is 0 Å². The van der Waals surface area contributed by atoms with Crippen molar-refractivity contribution in [2.24, 2.45) is 5.92 Å². The maximum absolute atomic E-state index is 11.9. The Kier molecular flexibility index (Phi) is 2.80. The van der Waals surface area contributed by atoms with Gasteiger partial charge in [0, 0.05) is 13.1 Å². The molecular weight excluding hydrogens is 210 g/mol. The number of nitrogens with one attached hydrogen (secondary N) is 1. The van der Waals surface area contributed by atoms with Gasteiger partial charge in [0.15, 0.2) is 9.84 Å². The van der Waals surface area contributed by atoms with Crippen LogP contribution in [0.25, 0.3) is 0 Å². The summed E-state index contributed by atoms with van der Waals surface area (Å²) in [6, 6.07) is 7.06. The molecule has 1 aliphatic heterocycles. The van der Waals surface area contributed by atoms with Gasteiger partial charge >= 0.3 is 0 Å². The fourth-order valence-electron chi connectivity index (χ4n) is 1.62. The maximum atomic E-state index is 11.9. The van der Waals surface area contributed by atoms with Gasteiger partial charge in [0.1, 0.15) is 0 Å². The van der Waals surface area contributed by atoms with Gasteiger partial charge in [-0.3, -0.25) is 0 Å². The molecule has 0 bridgehead atoms. The molecule has 0 aromatic heterocycles. The van der Waals surface area contributed by atoms with Crippen molar-refractivity contribution >= 4 is 9.84 Å². The molecule has 15 heavy (non-hydrogen) atoms. The van der Waals surface area contributed by atoms with Gasteiger partial charge in [-0.15, -0.1) is 0 Å². The molecule has 0 amide bonds. The van der Waals surface area contributed by atoms with E-state index in [2.05, 4.69) is 5.32 Å². The Labute approximate surface area is 90.4 Å². The van der Waals surface area contributed by atoms with E-state index in [1.165, 1.54) is 0 Å². The molecule has 0 atom stereocenters. The van der Waals surface area contributed by atoms with Gasteiger partial charge in [0.2, 0.25) is 0 Å². The number of aryl methyl sites for hydroxylation is 1. The van der Waals surface area contributed by atoms with E-state index in [0.29, 0.717) is 4.90 Å². The summed E-state index contributed by atoms with van der Waals surface area (Å²) in [6.07, 6.45) is 0. The summed E-state index contributed by atoms with van der Waals surface area (Å²) in [5.41, 5.74) is 1.08. The Morgan fingerprint density at radius 3 is 2.33 bits per heavy atom. The number of hydrogen-bond donors (Lipinski definition) is 1. The second-order valence-corrected chi connectivity index (χ2v) is 6.15. The first-order valence-electron chi connectivity index (χ1n) is 5.08. The first-order chi connectivity index (χ1) is 7.08. The maximum Gasteiger partial charge on any atom is 0.178 e. The highest BCUT2D eigenvalue weighted by Crippen LogP contribution is 2.16. The minimum absolute atomic E-state index is 0.267. The molecule has 82 valence electrons. The minimum Gasteiger partial charge on any atom is -0.316 e. The molecule has 0 radical (unpaired) electrons. The number of rotatable bonds is 3. The van der Waals surface area contributed by atoms with Crippen LogP contribution < -0.4 is 5.32 Å². The van der Waals surface area contributed by atoms with Crippen LogP contribution in [0.15, 0.2) is 29.2 Å². The van der Waals surface area contributed by atoms with Crippen molar-refractivity contribution in [2.45, 2.75) is 11.8 Å². The molecule has 1 fully saturated rings. The molecule has 3 nitrogen and oxygen atoms in total.